The molecule has 4 nitrogen and oxygen atoms in total. The average molecular weight is 329 g/mol. The highest BCUT2D eigenvalue weighted by Gasteiger charge is 2.42. The number of benzene rings is 2. The topological polar surface area (TPSA) is 49.4 Å². The lowest BCUT2D eigenvalue weighted by Gasteiger charge is -2.25. The Labute approximate surface area is 140 Å². The van der Waals surface area contributed by atoms with Crippen molar-refractivity contribution in [3.05, 3.63) is 65.2 Å². The van der Waals surface area contributed by atoms with Gasteiger partial charge in [0.15, 0.2) is 0 Å². The van der Waals surface area contributed by atoms with Crippen LogP contribution in [0.15, 0.2) is 54.6 Å². The lowest BCUT2D eigenvalue weighted by Crippen LogP contribution is -2.30. The molecule has 3 rings (SSSR count). The van der Waals surface area contributed by atoms with Crippen molar-refractivity contribution in [1.29, 1.82) is 0 Å². The highest BCUT2D eigenvalue weighted by molar-refractivity contribution is 6.30. The zero-order chi connectivity index (χ0) is 16.4. The third-order valence-electron chi connectivity index (χ3n) is 4.16. The maximum Gasteiger partial charge on any atom is 0.230 e. The molecule has 118 valence electrons. The first-order chi connectivity index (χ1) is 11.1. The third-order valence-corrected chi connectivity index (χ3v) is 4.39. The van der Waals surface area contributed by atoms with Crippen LogP contribution in [0.2, 0.25) is 5.02 Å². The van der Waals surface area contributed by atoms with Gasteiger partial charge in [0.2, 0.25) is 11.8 Å². The molecule has 2 amide bonds. The minimum absolute atomic E-state index is 0.0231. The summed E-state index contributed by atoms with van der Waals surface area (Å²) in [6.07, 6.45) is 0.211. The molecule has 5 heteroatoms. The van der Waals surface area contributed by atoms with Gasteiger partial charge in [0.05, 0.1) is 12.0 Å². The fourth-order valence-corrected chi connectivity index (χ4v) is 3.20. The molecule has 1 heterocycles. The first-order valence-corrected chi connectivity index (χ1v) is 7.81. The Hall–Kier alpha value is -2.33. The molecule has 0 aromatic heterocycles. The highest BCUT2D eigenvalue weighted by atomic mass is 35.5. The molecule has 0 spiro atoms. The van der Waals surface area contributed by atoms with E-state index in [0.29, 0.717) is 10.7 Å². The lowest BCUT2D eigenvalue weighted by molar-refractivity contribution is -0.127. The maximum atomic E-state index is 12.7. The van der Waals surface area contributed by atoms with E-state index >= 15 is 0 Å². The van der Waals surface area contributed by atoms with E-state index in [-0.39, 0.29) is 24.3 Å². The molecule has 1 fully saturated rings. The molecule has 2 aromatic carbocycles. The molecule has 1 N–H and O–H groups in total. The van der Waals surface area contributed by atoms with E-state index in [4.69, 9.17) is 11.6 Å². The second kappa shape index (κ2) is 6.42. The molecule has 2 atom stereocenters. The summed E-state index contributed by atoms with van der Waals surface area (Å²) in [5, 5.41) is 3.42. The first kappa shape index (κ1) is 15.6. The number of hydrogen-bond donors (Lipinski definition) is 1. The molecule has 0 aliphatic carbocycles. The van der Waals surface area contributed by atoms with Crippen molar-refractivity contribution < 1.29 is 9.59 Å². The summed E-state index contributed by atoms with van der Waals surface area (Å²) in [4.78, 5) is 26.4. The largest absolute Gasteiger partial charge is 0.338 e. The summed E-state index contributed by atoms with van der Waals surface area (Å²) in [7, 11) is 1.74. The Bertz CT molecular complexity index is 733. The van der Waals surface area contributed by atoms with Crippen LogP contribution in [-0.2, 0) is 9.59 Å². The molecule has 1 saturated heterocycles. The Balaban J connectivity index is 1.84. The number of carbonyl (C=O) groups is 2. The SMILES string of the molecule is CN1C(=O)C[C@@H](C(=O)Nc2cccc(Cl)c2)[C@H]1c1ccccc1. The quantitative estimate of drug-likeness (QED) is 0.937. The van der Waals surface area contributed by atoms with Gasteiger partial charge < -0.3 is 10.2 Å². The maximum absolute atomic E-state index is 12.7. The normalized spacial score (nSPS) is 20.6. The van der Waals surface area contributed by atoms with Crippen LogP contribution in [0.4, 0.5) is 5.69 Å². The van der Waals surface area contributed by atoms with E-state index in [1.807, 2.05) is 30.3 Å². The van der Waals surface area contributed by atoms with Gasteiger partial charge in [-0.05, 0) is 23.8 Å². The number of hydrogen-bond acceptors (Lipinski definition) is 2. The second-order valence-electron chi connectivity index (χ2n) is 5.67. The van der Waals surface area contributed by atoms with Gasteiger partial charge in [-0.15, -0.1) is 0 Å². The summed E-state index contributed by atoms with van der Waals surface area (Å²) in [6.45, 7) is 0. The number of anilines is 1. The predicted molar refractivity (Wildman–Crippen MR) is 90.1 cm³/mol. The van der Waals surface area contributed by atoms with Gasteiger partial charge in [-0.2, -0.15) is 0 Å². The van der Waals surface area contributed by atoms with Crippen LogP contribution < -0.4 is 5.32 Å². The van der Waals surface area contributed by atoms with Crippen molar-refractivity contribution in [2.24, 2.45) is 5.92 Å². The van der Waals surface area contributed by atoms with Crippen LogP contribution in [0.5, 0.6) is 0 Å². The minimum Gasteiger partial charge on any atom is -0.338 e. The van der Waals surface area contributed by atoms with Gasteiger partial charge in [0.25, 0.3) is 0 Å². The van der Waals surface area contributed by atoms with Crippen LogP contribution in [-0.4, -0.2) is 23.8 Å². The predicted octanol–water partition coefficient (Wildman–Crippen LogP) is 3.50. The Morgan fingerprint density at radius 3 is 2.61 bits per heavy atom. The average Bonchev–Trinajstić information content (AvgIpc) is 2.84. The zero-order valence-electron chi connectivity index (χ0n) is 12.7. The number of halogens is 1. The molecular weight excluding hydrogens is 312 g/mol. The van der Waals surface area contributed by atoms with Crippen molar-refractivity contribution >= 4 is 29.1 Å². The van der Waals surface area contributed by atoms with Crippen LogP contribution in [0.25, 0.3) is 0 Å². The Morgan fingerprint density at radius 1 is 1.17 bits per heavy atom. The monoisotopic (exact) mass is 328 g/mol. The summed E-state index contributed by atoms with van der Waals surface area (Å²) in [6, 6.07) is 16.4. The van der Waals surface area contributed by atoms with Crippen molar-refractivity contribution in [3.8, 4) is 0 Å². The Kier molecular flexibility index (Phi) is 4.35. The number of likely N-dealkylation sites (tertiary alicyclic amines) is 1. The van der Waals surface area contributed by atoms with Gasteiger partial charge >= 0.3 is 0 Å². The minimum atomic E-state index is -0.422. The van der Waals surface area contributed by atoms with E-state index in [1.54, 1.807) is 36.2 Å². The summed E-state index contributed by atoms with van der Waals surface area (Å²) in [5.74, 6) is -0.613. The fourth-order valence-electron chi connectivity index (χ4n) is 3.01. The number of carbonyl (C=O) groups excluding carboxylic acids is 2. The molecule has 0 bridgehead atoms. The highest BCUT2D eigenvalue weighted by Crippen LogP contribution is 2.37. The molecule has 0 unspecified atom stereocenters. The molecule has 23 heavy (non-hydrogen) atoms. The van der Waals surface area contributed by atoms with Gasteiger partial charge in [0, 0.05) is 24.2 Å². The number of amides is 2. The standard InChI is InChI=1S/C18H17ClN2O2/c1-21-16(22)11-15(17(21)12-6-3-2-4-7-12)18(23)20-14-9-5-8-13(19)10-14/h2-10,15,17H,11H2,1H3,(H,20,23)/t15-,17-/m1/s1. The van der Waals surface area contributed by atoms with E-state index < -0.39 is 5.92 Å². The van der Waals surface area contributed by atoms with Crippen LogP contribution >= 0.6 is 11.6 Å². The molecular formula is C18H17ClN2O2. The smallest absolute Gasteiger partial charge is 0.230 e. The molecule has 1 aliphatic heterocycles. The fraction of sp³-hybridized carbons (Fsp3) is 0.222. The van der Waals surface area contributed by atoms with Crippen LogP contribution in [0.1, 0.15) is 18.0 Å². The summed E-state index contributed by atoms with van der Waals surface area (Å²) < 4.78 is 0. The third kappa shape index (κ3) is 3.22. The number of nitrogens with one attached hydrogen (secondary N) is 1. The van der Waals surface area contributed by atoms with E-state index in [9.17, 15) is 9.59 Å². The molecule has 0 radical (unpaired) electrons. The number of rotatable bonds is 3. The second-order valence-corrected chi connectivity index (χ2v) is 6.11. The van der Waals surface area contributed by atoms with Crippen molar-refractivity contribution in [1.82, 2.24) is 4.90 Å². The zero-order valence-corrected chi connectivity index (χ0v) is 13.5. The van der Waals surface area contributed by atoms with E-state index in [0.717, 1.165) is 5.56 Å². The van der Waals surface area contributed by atoms with E-state index in [2.05, 4.69) is 5.32 Å². The van der Waals surface area contributed by atoms with Crippen molar-refractivity contribution in [2.75, 3.05) is 12.4 Å². The molecule has 2 aromatic rings. The van der Waals surface area contributed by atoms with E-state index in [1.165, 1.54) is 0 Å². The number of nitrogens with zero attached hydrogens (tertiary/aromatic N) is 1. The lowest BCUT2D eigenvalue weighted by atomic mass is 9.93. The molecule has 1 aliphatic rings. The van der Waals surface area contributed by atoms with Gasteiger partial charge in [-0.1, -0.05) is 48.0 Å². The van der Waals surface area contributed by atoms with Gasteiger partial charge in [-0.3, -0.25) is 9.59 Å². The summed E-state index contributed by atoms with van der Waals surface area (Å²) in [5.41, 5.74) is 1.60. The Morgan fingerprint density at radius 2 is 1.91 bits per heavy atom. The summed E-state index contributed by atoms with van der Waals surface area (Å²) >= 11 is 5.95. The van der Waals surface area contributed by atoms with Gasteiger partial charge in [-0.25, -0.2) is 0 Å². The van der Waals surface area contributed by atoms with Crippen molar-refractivity contribution in [3.63, 3.8) is 0 Å². The van der Waals surface area contributed by atoms with Gasteiger partial charge in [0.1, 0.15) is 0 Å². The molecule has 0 saturated carbocycles. The first-order valence-electron chi connectivity index (χ1n) is 7.43. The van der Waals surface area contributed by atoms with Crippen molar-refractivity contribution in [2.45, 2.75) is 12.5 Å². The van der Waals surface area contributed by atoms with Crippen LogP contribution in [0, 0.1) is 5.92 Å². The van der Waals surface area contributed by atoms with Crippen LogP contribution in [0.3, 0.4) is 0 Å².